The maximum absolute atomic E-state index is 11.3. The molecule has 0 heterocycles. The van der Waals surface area contributed by atoms with E-state index in [1.165, 1.54) is 6.26 Å². The summed E-state index contributed by atoms with van der Waals surface area (Å²) in [6.07, 6.45) is 1.89. The molecule has 22 heavy (non-hydrogen) atoms. The van der Waals surface area contributed by atoms with E-state index in [0.717, 1.165) is 5.56 Å². The molecule has 0 aliphatic heterocycles. The van der Waals surface area contributed by atoms with Crippen molar-refractivity contribution in [3.8, 4) is 0 Å². The molecular weight excluding hydrogens is 417 g/mol. The van der Waals surface area contributed by atoms with Crippen molar-refractivity contribution in [1.82, 2.24) is 5.32 Å². The first-order valence-electron chi connectivity index (χ1n) is 6.67. The number of hydrogen-bond acceptors (Lipinski definition) is 4. The Balaban J connectivity index is 0.00000441. The predicted octanol–water partition coefficient (Wildman–Crippen LogP) is 1.19. The van der Waals surface area contributed by atoms with Gasteiger partial charge in [0.25, 0.3) is 0 Å². The third kappa shape index (κ3) is 7.95. The molecule has 1 unspecified atom stereocenters. The average molecular weight is 441 g/mol. The number of methoxy groups -OCH3 is 1. The van der Waals surface area contributed by atoms with Crippen LogP contribution in [-0.2, 0) is 21.0 Å². The number of nitrogens with two attached hydrogens (primary N) is 1. The molecule has 0 radical (unpaired) electrons. The Morgan fingerprint density at radius 1 is 1.36 bits per heavy atom. The maximum atomic E-state index is 11.3. The van der Waals surface area contributed by atoms with Crippen LogP contribution < -0.4 is 11.1 Å². The van der Waals surface area contributed by atoms with Crippen LogP contribution in [0.15, 0.2) is 34.2 Å². The molecule has 8 heteroatoms. The smallest absolute Gasteiger partial charge is 0.188 e. The Labute approximate surface area is 149 Å². The normalized spacial score (nSPS) is 13.3. The van der Waals surface area contributed by atoms with Gasteiger partial charge in [-0.3, -0.25) is 4.99 Å². The van der Waals surface area contributed by atoms with Gasteiger partial charge in [0.05, 0.1) is 11.5 Å². The van der Waals surface area contributed by atoms with E-state index in [1.54, 1.807) is 31.4 Å². The van der Waals surface area contributed by atoms with E-state index in [1.807, 2.05) is 6.92 Å². The van der Waals surface area contributed by atoms with Gasteiger partial charge in [-0.1, -0.05) is 12.1 Å². The van der Waals surface area contributed by atoms with E-state index in [-0.39, 0.29) is 30.0 Å². The number of aliphatic imine (C=N–C) groups is 1. The highest BCUT2D eigenvalue weighted by atomic mass is 127. The first-order valence-corrected chi connectivity index (χ1v) is 8.56. The highest BCUT2D eigenvalue weighted by Crippen LogP contribution is 2.10. The van der Waals surface area contributed by atoms with Crippen LogP contribution >= 0.6 is 24.0 Å². The lowest BCUT2D eigenvalue weighted by molar-refractivity contribution is 0.179. The predicted molar refractivity (Wildman–Crippen MR) is 99.6 cm³/mol. The zero-order valence-corrected chi connectivity index (χ0v) is 16.2. The summed E-state index contributed by atoms with van der Waals surface area (Å²) in [7, 11) is -1.51. The summed E-state index contributed by atoms with van der Waals surface area (Å²) in [6, 6.07) is 6.91. The highest BCUT2D eigenvalue weighted by molar-refractivity contribution is 14.0. The van der Waals surface area contributed by atoms with Crippen LogP contribution in [0.25, 0.3) is 0 Å². The topological polar surface area (TPSA) is 93.8 Å². The molecule has 3 N–H and O–H groups in total. The fourth-order valence-electron chi connectivity index (χ4n) is 1.80. The Morgan fingerprint density at radius 2 is 1.95 bits per heavy atom. The minimum atomic E-state index is -3.14. The van der Waals surface area contributed by atoms with E-state index >= 15 is 0 Å². The average Bonchev–Trinajstić information content (AvgIpc) is 2.38. The number of sulfone groups is 1. The Morgan fingerprint density at radius 3 is 2.45 bits per heavy atom. The molecule has 1 aromatic rings. The molecule has 0 saturated carbocycles. The Kier molecular flexibility index (Phi) is 9.61. The molecule has 0 saturated heterocycles. The second kappa shape index (κ2) is 10.0. The van der Waals surface area contributed by atoms with Crippen LogP contribution in [-0.4, -0.2) is 46.9 Å². The van der Waals surface area contributed by atoms with Crippen LogP contribution in [0.5, 0.6) is 0 Å². The second-order valence-electron chi connectivity index (χ2n) is 4.93. The summed E-state index contributed by atoms with van der Waals surface area (Å²) >= 11 is 0. The van der Waals surface area contributed by atoms with Crippen molar-refractivity contribution in [3.05, 3.63) is 29.8 Å². The van der Waals surface area contributed by atoms with Crippen molar-refractivity contribution in [3.63, 3.8) is 0 Å². The summed E-state index contributed by atoms with van der Waals surface area (Å²) in [5.74, 6) is 0.382. The van der Waals surface area contributed by atoms with Crippen LogP contribution in [0, 0.1) is 0 Å². The maximum Gasteiger partial charge on any atom is 0.188 e. The molecular formula is C14H24IN3O3S. The number of hydrogen-bond donors (Lipinski definition) is 2. The Hall–Kier alpha value is -0.870. The second-order valence-corrected chi connectivity index (χ2v) is 6.95. The van der Waals surface area contributed by atoms with Gasteiger partial charge >= 0.3 is 0 Å². The molecule has 1 atom stereocenters. The Bertz CT molecular complexity index is 574. The van der Waals surface area contributed by atoms with Crippen molar-refractivity contribution in [1.29, 1.82) is 0 Å². The zero-order chi connectivity index (χ0) is 15.9. The number of halogens is 1. The quantitative estimate of drug-likeness (QED) is 0.377. The molecule has 0 fully saturated rings. The summed E-state index contributed by atoms with van der Waals surface area (Å²) in [6.45, 7) is 3.05. The summed E-state index contributed by atoms with van der Waals surface area (Å²) in [4.78, 5) is 4.55. The monoisotopic (exact) mass is 441 g/mol. The summed E-state index contributed by atoms with van der Waals surface area (Å²) < 4.78 is 27.7. The van der Waals surface area contributed by atoms with Gasteiger partial charge in [-0.05, 0) is 31.0 Å². The van der Waals surface area contributed by atoms with Gasteiger partial charge in [0, 0.05) is 26.0 Å². The van der Waals surface area contributed by atoms with Gasteiger partial charge in [0.2, 0.25) is 0 Å². The number of nitrogens with one attached hydrogen (secondary N) is 1. The molecule has 0 aliphatic carbocycles. The van der Waals surface area contributed by atoms with Gasteiger partial charge in [0.15, 0.2) is 15.8 Å². The summed E-state index contributed by atoms with van der Waals surface area (Å²) in [5, 5.41) is 3.02. The number of nitrogens with zero attached hydrogens (tertiary/aromatic N) is 1. The van der Waals surface area contributed by atoms with E-state index in [0.29, 0.717) is 30.4 Å². The molecule has 6 nitrogen and oxygen atoms in total. The lowest BCUT2D eigenvalue weighted by atomic mass is 10.1. The minimum absolute atomic E-state index is 0. The minimum Gasteiger partial charge on any atom is -0.383 e. The van der Waals surface area contributed by atoms with Gasteiger partial charge in [-0.15, -0.1) is 24.0 Å². The third-order valence-corrected chi connectivity index (χ3v) is 3.97. The standard InChI is InChI=1S/C14H23N3O3S.HI/c1-11(10-20-2)17-14(15)16-9-8-12-4-6-13(7-5-12)21(3,18)19;/h4-7,11H,8-10H2,1-3H3,(H3,15,16,17);1H. The molecule has 0 amide bonds. The van der Waals surface area contributed by atoms with E-state index < -0.39 is 9.84 Å². The molecule has 0 aromatic heterocycles. The lowest BCUT2D eigenvalue weighted by Gasteiger charge is -2.13. The van der Waals surface area contributed by atoms with Gasteiger partial charge in [-0.25, -0.2) is 8.42 Å². The van der Waals surface area contributed by atoms with Crippen molar-refractivity contribution >= 4 is 39.8 Å². The zero-order valence-electron chi connectivity index (χ0n) is 13.1. The molecule has 0 spiro atoms. The van der Waals surface area contributed by atoms with Gasteiger partial charge in [0.1, 0.15) is 0 Å². The fourth-order valence-corrected chi connectivity index (χ4v) is 2.43. The first-order chi connectivity index (χ1) is 9.82. The number of benzene rings is 1. The largest absolute Gasteiger partial charge is 0.383 e. The van der Waals surface area contributed by atoms with Crippen molar-refractivity contribution < 1.29 is 13.2 Å². The number of rotatable bonds is 7. The molecule has 126 valence electrons. The van der Waals surface area contributed by atoms with Crippen LogP contribution in [0.1, 0.15) is 12.5 Å². The SMILES string of the molecule is COCC(C)NC(N)=NCCc1ccc(S(C)(=O)=O)cc1.I. The lowest BCUT2D eigenvalue weighted by Crippen LogP contribution is -2.40. The van der Waals surface area contributed by atoms with Crippen LogP contribution in [0.4, 0.5) is 0 Å². The summed E-state index contributed by atoms with van der Waals surface area (Å²) in [5.41, 5.74) is 6.77. The van der Waals surface area contributed by atoms with Gasteiger partial charge < -0.3 is 15.8 Å². The van der Waals surface area contributed by atoms with E-state index in [2.05, 4.69) is 10.3 Å². The molecule has 1 rings (SSSR count). The van der Waals surface area contributed by atoms with E-state index in [9.17, 15) is 8.42 Å². The molecule has 1 aromatic carbocycles. The highest BCUT2D eigenvalue weighted by Gasteiger charge is 2.06. The van der Waals surface area contributed by atoms with E-state index in [4.69, 9.17) is 10.5 Å². The van der Waals surface area contributed by atoms with Crippen LogP contribution in [0.3, 0.4) is 0 Å². The molecule has 0 aliphatic rings. The molecule has 0 bridgehead atoms. The first kappa shape index (κ1) is 21.1. The van der Waals surface area contributed by atoms with Gasteiger partial charge in [-0.2, -0.15) is 0 Å². The number of ether oxygens (including phenoxy) is 1. The van der Waals surface area contributed by atoms with Crippen molar-refractivity contribution in [2.45, 2.75) is 24.3 Å². The van der Waals surface area contributed by atoms with Crippen LogP contribution in [0.2, 0.25) is 0 Å². The fraction of sp³-hybridized carbons (Fsp3) is 0.500. The third-order valence-electron chi connectivity index (χ3n) is 2.85. The van der Waals surface area contributed by atoms with Crippen molar-refractivity contribution in [2.75, 3.05) is 26.5 Å². The number of guanidine groups is 1. The van der Waals surface area contributed by atoms with Crippen molar-refractivity contribution in [2.24, 2.45) is 10.7 Å².